The molecule has 8 nitrogen and oxygen atoms in total. The summed E-state index contributed by atoms with van der Waals surface area (Å²) in [6, 6.07) is 8.42. The van der Waals surface area contributed by atoms with Gasteiger partial charge in [-0.25, -0.2) is 23.4 Å². The van der Waals surface area contributed by atoms with Gasteiger partial charge in [0.1, 0.15) is 5.52 Å². The van der Waals surface area contributed by atoms with Crippen molar-refractivity contribution in [3.8, 4) is 22.8 Å². The van der Waals surface area contributed by atoms with Gasteiger partial charge in [-0.15, -0.1) is 0 Å². The maximum atomic E-state index is 12.1. The highest BCUT2D eigenvalue weighted by Crippen LogP contribution is 2.31. The van der Waals surface area contributed by atoms with Crippen molar-refractivity contribution in [2.45, 2.75) is 18.1 Å². The maximum Gasteiger partial charge on any atom is 0.236 e. The van der Waals surface area contributed by atoms with Crippen LogP contribution >= 0.6 is 0 Å². The minimum atomic E-state index is -3.41. The highest BCUT2D eigenvalue weighted by atomic mass is 32.2. The fourth-order valence-corrected chi connectivity index (χ4v) is 3.87. The van der Waals surface area contributed by atoms with E-state index in [1.165, 1.54) is 19.4 Å². The van der Waals surface area contributed by atoms with Crippen LogP contribution in [-0.4, -0.2) is 40.8 Å². The topological polar surface area (TPSA) is 114 Å². The number of hydrogen-bond acceptors (Lipinski definition) is 7. The number of rotatable bonds is 5. The molecule has 1 fully saturated rings. The van der Waals surface area contributed by atoms with E-state index in [2.05, 4.69) is 19.7 Å². The second kappa shape index (κ2) is 6.10. The number of nitrogens with one attached hydrogen (secondary N) is 1. The van der Waals surface area contributed by atoms with Crippen molar-refractivity contribution in [1.29, 1.82) is 0 Å². The molecule has 4 rings (SSSR count). The van der Waals surface area contributed by atoms with E-state index in [0.29, 0.717) is 35.4 Å². The smallest absolute Gasteiger partial charge is 0.236 e. The zero-order valence-corrected chi connectivity index (χ0v) is 14.7. The van der Waals surface area contributed by atoms with Crippen molar-refractivity contribution in [3.63, 3.8) is 0 Å². The predicted molar refractivity (Wildman–Crippen MR) is 96.6 cm³/mol. The standard InChI is InChI=1S/C17H16N4O4S/c1-25-15-8-10(2-7-14(15)22)12-5-6-13-17(19-12)20-16(9-18-13)21-26(23,24)11-3-4-11/h2,5-9,11,22H,3-4H2,1H3,(H,19,20,21). The lowest BCUT2D eigenvalue weighted by atomic mass is 10.1. The Morgan fingerprint density at radius 3 is 2.73 bits per heavy atom. The summed E-state index contributed by atoms with van der Waals surface area (Å²) in [6.45, 7) is 0. The normalized spacial score (nSPS) is 14.3. The Morgan fingerprint density at radius 2 is 2.00 bits per heavy atom. The first-order valence-corrected chi connectivity index (χ1v) is 9.54. The number of anilines is 1. The number of fused-ring (bicyclic) bond motifs is 1. The van der Waals surface area contributed by atoms with Crippen LogP contribution in [0.3, 0.4) is 0 Å². The summed E-state index contributed by atoms with van der Waals surface area (Å²) in [5, 5.41) is 9.37. The molecule has 9 heteroatoms. The number of methoxy groups -OCH3 is 1. The summed E-state index contributed by atoms with van der Waals surface area (Å²) in [6.07, 6.45) is 2.72. The molecule has 2 N–H and O–H groups in total. The average molecular weight is 372 g/mol. The van der Waals surface area contributed by atoms with Gasteiger partial charge in [-0.05, 0) is 43.2 Å². The van der Waals surface area contributed by atoms with Gasteiger partial charge >= 0.3 is 0 Å². The second-order valence-corrected chi connectivity index (χ2v) is 7.99. The maximum absolute atomic E-state index is 12.1. The molecule has 1 saturated carbocycles. The Labute approximate surface area is 150 Å². The van der Waals surface area contributed by atoms with E-state index in [9.17, 15) is 13.5 Å². The lowest BCUT2D eigenvalue weighted by Crippen LogP contribution is -2.18. The number of hydrogen-bond donors (Lipinski definition) is 2. The molecule has 2 heterocycles. The third-order valence-electron chi connectivity index (χ3n) is 4.09. The zero-order chi connectivity index (χ0) is 18.3. The van der Waals surface area contributed by atoms with Gasteiger partial charge in [0.2, 0.25) is 10.0 Å². The SMILES string of the molecule is COc1cc(-c2ccc3ncc(NS(=O)(=O)C4CC4)nc3n2)ccc1O. The number of ether oxygens (including phenoxy) is 1. The van der Waals surface area contributed by atoms with Gasteiger partial charge in [-0.1, -0.05) is 0 Å². The second-order valence-electron chi connectivity index (χ2n) is 6.03. The number of phenols is 1. The summed E-state index contributed by atoms with van der Waals surface area (Å²) < 4.78 is 31.7. The summed E-state index contributed by atoms with van der Waals surface area (Å²) >= 11 is 0. The molecular formula is C17H16N4O4S. The fraction of sp³-hybridized carbons (Fsp3) is 0.235. The van der Waals surface area contributed by atoms with Gasteiger partial charge in [0.05, 0.1) is 24.3 Å². The molecule has 0 amide bonds. The van der Waals surface area contributed by atoms with E-state index in [0.717, 1.165) is 5.56 Å². The molecule has 0 unspecified atom stereocenters. The van der Waals surface area contributed by atoms with Crippen LogP contribution in [0.15, 0.2) is 36.5 Å². The van der Waals surface area contributed by atoms with E-state index in [-0.39, 0.29) is 16.8 Å². The number of aromatic hydroxyl groups is 1. The van der Waals surface area contributed by atoms with E-state index >= 15 is 0 Å². The molecule has 26 heavy (non-hydrogen) atoms. The van der Waals surface area contributed by atoms with Gasteiger partial charge < -0.3 is 9.84 Å². The third kappa shape index (κ3) is 3.13. The van der Waals surface area contributed by atoms with Crippen molar-refractivity contribution in [3.05, 3.63) is 36.5 Å². The lowest BCUT2D eigenvalue weighted by molar-refractivity contribution is 0.373. The molecule has 0 aliphatic heterocycles. The predicted octanol–water partition coefficient (Wildman–Crippen LogP) is 2.31. The average Bonchev–Trinajstić information content (AvgIpc) is 3.47. The molecule has 0 bridgehead atoms. The molecule has 2 aromatic heterocycles. The van der Waals surface area contributed by atoms with Gasteiger partial charge in [-0.2, -0.15) is 0 Å². The van der Waals surface area contributed by atoms with E-state index in [4.69, 9.17) is 4.74 Å². The largest absolute Gasteiger partial charge is 0.504 e. The van der Waals surface area contributed by atoms with Crippen LogP contribution in [0, 0.1) is 0 Å². The Hall–Kier alpha value is -2.94. The minimum absolute atomic E-state index is 0.0357. The van der Waals surface area contributed by atoms with Crippen LogP contribution in [0.5, 0.6) is 11.5 Å². The van der Waals surface area contributed by atoms with Crippen molar-refractivity contribution < 1.29 is 18.3 Å². The van der Waals surface area contributed by atoms with Crippen LogP contribution in [0.2, 0.25) is 0 Å². The Bertz CT molecular complexity index is 1100. The van der Waals surface area contributed by atoms with Crippen molar-refractivity contribution in [2.24, 2.45) is 0 Å². The van der Waals surface area contributed by atoms with Gasteiger partial charge in [0.25, 0.3) is 0 Å². The van der Waals surface area contributed by atoms with Crippen molar-refractivity contribution in [1.82, 2.24) is 15.0 Å². The molecule has 134 valence electrons. The van der Waals surface area contributed by atoms with Crippen LogP contribution in [0.1, 0.15) is 12.8 Å². The molecule has 0 atom stereocenters. The first kappa shape index (κ1) is 16.5. The molecular weight excluding hydrogens is 356 g/mol. The summed E-state index contributed by atoms with van der Waals surface area (Å²) in [7, 11) is -1.94. The Kier molecular flexibility index (Phi) is 3.87. The quantitative estimate of drug-likeness (QED) is 0.706. The lowest BCUT2D eigenvalue weighted by Gasteiger charge is -2.08. The molecule has 0 spiro atoms. The number of sulfonamides is 1. The van der Waals surface area contributed by atoms with Gasteiger partial charge in [0.15, 0.2) is 23.0 Å². The molecule has 0 saturated heterocycles. The van der Waals surface area contributed by atoms with Gasteiger partial charge in [0, 0.05) is 5.56 Å². The van der Waals surface area contributed by atoms with Crippen LogP contribution in [-0.2, 0) is 10.0 Å². The van der Waals surface area contributed by atoms with Crippen LogP contribution in [0.4, 0.5) is 5.82 Å². The molecule has 1 aromatic carbocycles. The number of aromatic nitrogens is 3. The fourth-order valence-electron chi connectivity index (χ4n) is 2.55. The Morgan fingerprint density at radius 1 is 1.19 bits per heavy atom. The summed E-state index contributed by atoms with van der Waals surface area (Å²) in [5.41, 5.74) is 2.21. The number of nitrogens with zero attached hydrogens (tertiary/aromatic N) is 3. The van der Waals surface area contributed by atoms with Gasteiger partial charge in [-0.3, -0.25) is 4.72 Å². The highest BCUT2D eigenvalue weighted by Gasteiger charge is 2.36. The van der Waals surface area contributed by atoms with Crippen molar-refractivity contribution in [2.75, 3.05) is 11.8 Å². The molecule has 3 aromatic rings. The highest BCUT2D eigenvalue weighted by molar-refractivity contribution is 7.93. The first-order valence-electron chi connectivity index (χ1n) is 7.99. The zero-order valence-electron chi connectivity index (χ0n) is 13.9. The number of pyridine rings is 1. The van der Waals surface area contributed by atoms with E-state index in [1.807, 2.05) is 0 Å². The van der Waals surface area contributed by atoms with Crippen LogP contribution in [0.25, 0.3) is 22.4 Å². The van der Waals surface area contributed by atoms with E-state index in [1.54, 1.807) is 24.3 Å². The van der Waals surface area contributed by atoms with Crippen LogP contribution < -0.4 is 9.46 Å². The minimum Gasteiger partial charge on any atom is -0.504 e. The number of benzene rings is 1. The van der Waals surface area contributed by atoms with Crippen molar-refractivity contribution >= 4 is 27.0 Å². The summed E-state index contributed by atoms with van der Waals surface area (Å²) in [5.74, 6) is 0.521. The van der Waals surface area contributed by atoms with E-state index < -0.39 is 10.0 Å². The number of phenolic OH excluding ortho intramolecular Hbond substituents is 1. The summed E-state index contributed by atoms with van der Waals surface area (Å²) in [4.78, 5) is 12.9. The molecule has 1 aliphatic carbocycles. The molecule has 0 radical (unpaired) electrons. The molecule has 1 aliphatic rings. The Balaban J connectivity index is 1.71. The third-order valence-corrected chi connectivity index (χ3v) is 5.94. The first-order chi connectivity index (χ1) is 12.5. The monoisotopic (exact) mass is 372 g/mol.